The third-order valence-electron chi connectivity index (χ3n) is 5.41. The molecule has 3 aromatic rings. The largest absolute Gasteiger partial charge is 0.497 e. The van der Waals surface area contributed by atoms with E-state index >= 15 is 0 Å². The second-order valence-corrected chi connectivity index (χ2v) is 7.31. The molecule has 0 radical (unpaired) electrons. The first kappa shape index (κ1) is 19.5. The summed E-state index contributed by atoms with van der Waals surface area (Å²) in [6.45, 7) is 0.699. The number of ether oxygens (including phenoxy) is 1. The summed E-state index contributed by atoms with van der Waals surface area (Å²) in [5.74, 6) is 0.897. The Morgan fingerprint density at radius 3 is 2.33 bits per heavy atom. The van der Waals surface area contributed by atoms with E-state index in [1.165, 1.54) is 5.56 Å². The highest BCUT2D eigenvalue weighted by molar-refractivity contribution is 6.21. The first-order valence-corrected chi connectivity index (χ1v) is 9.87. The molecule has 0 saturated carbocycles. The summed E-state index contributed by atoms with van der Waals surface area (Å²) < 4.78 is 5.28. The van der Waals surface area contributed by atoms with Crippen molar-refractivity contribution in [2.45, 2.75) is 19.0 Å². The summed E-state index contributed by atoms with van der Waals surface area (Å²) in [7, 11) is 1.65. The number of nitriles is 1. The van der Waals surface area contributed by atoms with Gasteiger partial charge in [0.05, 0.1) is 24.8 Å². The van der Waals surface area contributed by atoms with Gasteiger partial charge < -0.3 is 9.64 Å². The quantitative estimate of drug-likeness (QED) is 0.602. The van der Waals surface area contributed by atoms with Gasteiger partial charge in [-0.05, 0) is 41.0 Å². The third-order valence-corrected chi connectivity index (χ3v) is 5.41. The molecule has 148 valence electrons. The number of carbonyl (C=O) groups is 1. The predicted molar refractivity (Wildman–Crippen MR) is 116 cm³/mol. The maximum Gasteiger partial charge on any atom is 0.167 e. The van der Waals surface area contributed by atoms with Gasteiger partial charge in [0.1, 0.15) is 5.75 Å². The summed E-state index contributed by atoms with van der Waals surface area (Å²) in [5, 5.41) is 9.05. The Hall–Kier alpha value is -3.84. The molecule has 1 aliphatic rings. The number of nitrogens with zero attached hydrogens (tertiary/aromatic N) is 2. The van der Waals surface area contributed by atoms with Gasteiger partial charge in [-0.15, -0.1) is 0 Å². The van der Waals surface area contributed by atoms with Gasteiger partial charge in [-0.2, -0.15) is 5.26 Å². The van der Waals surface area contributed by atoms with E-state index in [1.54, 1.807) is 19.2 Å². The minimum Gasteiger partial charge on any atom is -0.497 e. The highest BCUT2D eigenvalue weighted by Gasteiger charge is 2.29. The molecule has 1 aliphatic heterocycles. The number of benzene rings is 3. The predicted octanol–water partition coefficient (Wildman–Crippen LogP) is 5.12. The molecule has 4 heteroatoms. The minimum atomic E-state index is -0.0502. The number of Topliss-reactive ketones (excluding diaryl/α,β-unsaturated/α-hetero) is 1. The zero-order valence-electron chi connectivity index (χ0n) is 16.8. The van der Waals surface area contributed by atoms with Crippen molar-refractivity contribution in [2.75, 3.05) is 7.11 Å². The fraction of sp³-hybridized carbons (Fsp3) is 0.154. The molecule has 0 aliphatic carbocycles. The standard InChI is InChI=1S/C26H22N2O2/c1-30-23-13-11-22(12-14-23)25-15-26(29)24(21-9-7-19(16-27)8-10-21)18-28(25)17-20-5-3-2-4-6-20/h2-14,18,25H,15,17H2,1H3. The van der Waals surface area contributed by atoms with Crippen LogP contribution in [-0.4, -0.2) is 17.8 Å². The lowest BCUT2D eigenvalue weighted by atomic mass is 9.89. The van der Waals surface area contributed by atoms with E-state index < -0.39 is 0 Å². The summed E-state index contributed by atoms with van der Waals surface area (Å²) in [4.78, 5) is 15.3. The number of rotatable bonds is 5. The van der Waals surface area contributed by atoms with Crippen LogP contribution in [0, 0.1) is 11.3 Å². The van der Waals surface area contributed by atoms with Crippen LogP contribution in [0.15, 0.2) is 85.1 Å². The van der Waals surface area contributed by atoms with Crippen molar-refractivity contribution in [3.63, 3.8) is 0 Å². The zero-order chi connectivity index (χ0) is 20.9. The van der Waals surface area contributed by atoms with Crippen LogP contribution < -0.4 is 4.74 Å². The Balaban J connectivity index is 1.72. The maximum absolute atomic E-state index is 13.1. The molecular weight excluding hydrogens is 372 g/mol. The summed E-state index contributed by atoms with van der Waals surface area (Å²) >= 11 is 0. The van der Waals surface area contributed by atoms with E-state index in [0.29, 0.717) is 24.1 Å². The van der Waals surface area contributed by atoms with Gasteiger partial charge in [0, 0.05) is 24.7 Å². The summed E-state index contributed by atoms with van der Waals surface area (Å²) in [6, 6.07) is 27.4. The van der Waals surface area contributed by atoms with Gasteiger partial charge >= 0.3 is 0 Å². The molecule has 4 nitrogen and oxygen atoms in total. The average molecular weight is 394 g/mol. The second-order valence-electron chi connectivity index (χ2n) is 7.31. The van der Waals surface area contributed by atoms with Crippen LogP contribution in [-0.2, 0) is 11.3 Å². The monoisotopic (exact) mass is 394 g/mol. The molecule has 0 aromatic heterocycles. The number of hydrogen-bond acceptors (Lipinski definition) is 4. The Labute approximate surface area is 176 Å². The number of hydrogen-bond donors (Lipinski definition) is 0. The van der Waals surface area contributed by atoms with E-state index in [0.717, 1.165) is 16.9 Å². The fourth-order valence-electron chi connectivity index (χ4n) is 3.78. The third kappa shape index (κ3) is 4.11. The normalized spacial score (nSPS) is 16.0. The number of allylic oxidation sites excluding steroid dienone is 1. The Kier molecular flexibility index (Phi) is 5.63. The van der Waals surface area contributed by atoms with Crippen molar-refractivity contribution >= 4 is 11.4 Å². The van der Waals surface area contributed by atoms with Crippen molar-refractivity contribution in [3.05, 3.63) is 107 Å². The summed E-state index contributed by atoms with van der Waals surface area (Å²) in [6.07, 6.45) is 2.36. The van der Waals surface area contributed by atoms with Gasteiger partial charge in [-0.1, -0.05) is 54.6 Å². The molecule has 0 saturated heterocycles. The van der Waals surface area contributed by atoms with Crippen LogP contribution in [0.5, 0.6) is 5.75 Å². The van der Waals surface area contributed by atoms with Gasteiger partial charge in [-0.3, -0.25) is 4.79 Å². The lowest BCUT2D eigenvalue weighted by molar-refractivity contribution is -0.115. The van der Waals surface area contributed by atoms with E-state index in [9.17, 15) is 4.79 Å². The highest BCUT2D eigenvalue weighted by Crippen LogP contribution is 2.36. The van der Waals surface area contributed by atoms with Gasteiger partial charge in [0.2, 0.25) is 0 Å². The molecule has 1 heterocycles. The fourth-order valence-corrected chi connectivity index (χ4v) is 3.78. The first-order valence-electron chi connectivity index (χ1n) is 9.87. The highest BCUT2D eigenvalue weighted by atomic mass is 16.5. The Bertz CT molecular complexity index is 1090. The minimum absolute atomic E-state index is 0.0502. The number of methoxy groups -OCH3 is 1. The maximum atomic E-state index is 13.1. The lowest BCUT2D eigenvalue weighted by Crippen LogP contribution is -2.30. The van der Waals surface area contributed by atoms with Gasteiger partial charge in [-0.25, -0.2) is 0 Å². The van der Waals surface area contributed by atoms with Crippen molar-refractivity contribution < 1.29 is 9.53 Å². The molecular formula is C26H22N2O2. The van der Waals surface area contributed by atoms with Crippen molar-refractivity contribution in [3.8, 4) is 11.8 Å². The molecule has 30 heavy (non-hydrogen) atoms. The molecule has 4 rings (SSSR count). The number of carbonyl (C=O) groups excluding carboxylic acids is 1. The lowest BCUT2D eigenvalue weighted by Gasteiger charge is -2.35. The second kappa shape index (κ2) is 8.67. The van der Waals surface area contributed by atoms with Crippen LogP contribution in [0.25, 0.3) is 5.57 Å². The average Bonchev–Trinajstić information content (AvgIpc) is 2.81. The molecule has 1 unspecified atom stereocenters. The van der Waals surface area contributed by atoms with Gasteiger partial charge in [0.15, 0.2) is 5.78 Å². The van der Waals surface area contributed by atoms with E-state index in [4.69, 9.17) is 10.00 Å². The molecule has 0 N–H and O–H groups in total. The van der Waals surface area contributed by atoms with E-state index in [1.807, 2.05) is 60.8 Å². The Morgan fingerprint density at radius 2 is 1.70 bits per heavy atom. The summed E-state index contributed by atoms with van der Waals surface area (Å²) in [5.41, 5.74) is 4.36. The topological polar surface area (TPSA) is 53.3 Å². The van der Waals surface area contributed by atoms with Crippen molar-refractivity contribution in [1.29, 1.82) is 5.26 Å². The van der Waals surface area contributed by atoms with Crippen LogP contribution in [0.1, 0.15) is 34.7 Å². The number of ketones is 1. The molecule has 0 bridgehead atoms. The van der Waals surface area contributed by atoms with Gasteiger partial charge in [0.25, 0.3) is 0 Å². The molecule has 0 amide bonds. The SMILES string of the molecule is COc1ccc(C2CC(=O)C(c3ccc(C#N)cc3)=CN2Cc2ccccc2)cc1. The van der Waals surface area contributed by atoms with Crippen molar-refractivity contribution in [1.82, 2.24) is 4.90 Å². The van der Waals surface area contributed by atoms with Crippen LogP contribution in [0.2, 0.25) is 0 Å². The Morgan fingerprint density at radius 1 is 1.00 bits per heavy atom. The zero-order valence-corrected chi connectivity index (χ0v) is 16.8. The molecule has 0 spiro atoms. The molecule has 0 fully saturated rings. The van der Waals surface area contributed by atoms with E-state index in [-0.39, 0.29) is 11.8 Å². The van der Waals surface area contributed by atoms with Crippen LogP contribution in [0.4, 0.5) is 0 Å². The smallest absolute Gasteiger partial charge is 0.167 e. The molecule has 3 aromatic carbocycles. The first-order chi connectivity index (χ1) is 14.7. The van der Waals surface area contributed by atoms with E-state index in [2.05, 4.69) is 23.1 Å². The van der Waals surface area contributed by atoms with Crippen molar-refractivity contribution in [2.24, 2.45) is 0 Å². The van der Waals surface area contributed by atoms with Crippen LogP contribution >= 0.6 is 0 Å². The molecule has 1 atom stereocenters. The van der Waals surface area contributed by atoms with Crippen LogP contribution in [0.3, 0.4) is 0 Å².